The molecule has 0 unspecified atom stereocenters. The van der Waals surface area contributed by atoms with Crippen molar-refractivity contribution >= 4 is 12.4 Å². The molecule has 1 saturated heterocycles. The van der Waals surface area contributed by atoms with Crippen LogP contribution in [0.2, 0.25) is 0 Å². The molecule has 0 amide bonds. The Balaban J connectivity index is 0.00000242. The van der Waals surface area contributed by atoms with E-state index in [1.165, 1.54) is 32.5 Å². The summed E-state index contributed by atoms with van der Waals surface area (Å²) < 4.78 is 10.9. The van der Waals surface area contributed by atoms with Gasteiger partial charge in [0.05, 0.1) is 7.11 Å². The summed E-state index contributed by atoms with van der Waals surface area (Å²) >= 11 is 0. The van der Waals surface area contributed by atoms with Crippen LogP contribution in [-0.4, -0.2) is 51.3 Å². The molecule has 1 aromatic carbocycles. The molecule has 0 radical (unpaired) electrons. The van der Waals surface area contributed by atoms with Gasteiger partial charge >= 0.3 is 0 Å². The van der Waals surface area contributed by atoms with Gasteiger partial charge in [-0.25, -0.2) is 0 Å². The number of methoxy groups -OCH3 is 1. The number of hydrogen-bond donors (Lipinski definition) is 1. The van der Waals surface area contributed by atoms with Gasteiger partial charge in [0.1, 0.15) is 18.1 Å². The Morgan fingerprint density at radius 2 is 1.77 bits per heavy atom. The molecule has 1 N–H and O–H groups in total. The van der Waals surface area contributed by atoms with E-state index in [1.54, 1.807) is 7.11 Å². The van der Waals surface area contributed by atoms with Crippen molar-refractivity contribution in [3.8, 4) is 11.5 Å². The number of benzene rings is 1. The molecule has 0 bridgehead atoms. The number of hydrogen-bond acceptors (Lipinski definition) is 4. The third-order valence-corrected chi connectivity index (χ3v) is 4.13. The fourth-order valence-corrected chi connectivity index (χ4v) is 2.73. The highest BCUT2D eigenvalue weighted by Gasteiger charge is 2.18. The predicted octanol–water partition coefficient (Wildman–Crippen LogP) is 2.82. The minimum Gasteiger partial charge on any atom is -0.497 e. The standard InChI is InChI=1S/C17H28N2O2.ClH/c1-3-18-14-15-8-10-19(11-9-15)12-13-21-17-6-4-16(20-2)5-7-17;/h4-7,15,18H,3,8-14H2,1-2H3;1H. The summed E-state index contributed by atoms with van der Waals surface area (Å²) in [6, 6.07) is 7.78. The Morgan fingerprint density at radius 1 is 1.14 bits per heavy atom. The maximum Gasteiger partial charge on any atom is 0.119 e. The van der Waals surface area contributed by atoms with E-state index in [1.807, 2.05) is 24.3 Å². The van der Waals surface area contributed by atoms with Crippen LogP contribution in [0.25, 0.3) is 0 Å². The SMILES string of the molecule is CCNCC1CCN(CCOc2ccc(OC)cc2)CC1.Cl. The summed E-state index contributed by atoms with van der Waals surface area (Å²) in [5.74, 6) is 2.63. The molecular formula is C17H29ClN2O2. The predicted molar refractivity (Wildman–Crippen MR) is 93.4 cm³/mol. The molecule has 1 aromatic rings. The second-order valence-corrected chi connectivity index (χ2v) is 5.62. The van der Waals surface area contributed by atoms with Crippen molar-refractivity contribution in [2.45, 2.75) is 19.8 Å². The van der Waals surface area contributed by atoms with Crippen LogP contribution in [0.5, 0.6) is 11.5 Å². The first-order valence-corrected chi connectivity index (χ1v) is 8.01. The van der Waals surface area contributed by atoms with Gasteiger partial charge in [-0.15, -0.1) is 12.4 Å². The van der Waals surface area contributed by atoms with Crippen LogP contribution >= 0.6 is 12.4 Å². The maximum absolute atomic E-state index is 5.79. The number of likely N-dealkylation sites (tertiary alicyclic amines) is 1. The van der Waals surface area contributed by atoms with E-state index >= 15 is 0 Å². The first kappa shape index (κ1) is 19.1. The molecule has 0 aromatic heterocycles. The lowest BCUT2D eigenvalue weighted by molar-refractivity contribution is 0.154. The van der Waals surface area contributed by atoms with E-state index < -0.39 is 0 Å². The second kappa shape index (κ2) is 10.7. The summed E-state index contributed by atoms with van der Waals surface area (Å²) in [5.41, 5.74) is 0. The zero-order valence-electron chi connectivity index (χ0n) is 13.7. The van der Waals surface area contributed by atoms with Crippen molar-refractivity contribution < 1.29 is 9.47 Å². The molecule has 1 fully saturated rings. The number of nitrogens with zero attached hydrogens (tertiary/aromatic N) is 1. The number of ether oxygens (including phenoxy) is 2. The van der Waals surface area contributed by atoms with Crippen molar-refractivity contribution in [1.29, 1.82) is 0 Å². The second-order valence-electron chi connectivity index (χ2n) is 5.62. The van der Waals surface area contributed by atoms with Crippen molar-refractivity contribution in [3.63, 3.8) is 0 Å². The van der Waals surface area contributed by atoms with E-state index in [0.717, 1.165) is 37.1 Å². The van der Waals surface area contributed by atoms with Gasteiger partial charge in [0.25, 0.3) is 0 Å². The first-order chi connectivity index (χ1) is 10.3. The van der Waals surface area contributed by atoms with E-state index in [2.05, 4.69) is 17.1 Å². The molecule has 5 heteroatoms. The normalized spacial score (nSPS) is 16.1. The van der Waals surface area contributed by atoms with Crippen LogP contribution in [0.1, 0.15) is 19.8 Å². The molecule has 1 heterocycles. The van der Waals surface area contributed by atoms with E-state index in [-0.39, 0.29) is 12.4 Å². The minimum absolute atomic E-state index is 0. The maximum atomic E-state index is 5.79. The third-order valence-electron chi connectivity index (χ3n) is 4.13. The van der Waals surface area contributed by atoms with Crippen molar-refractivity contribution in [3.05, 3.63) is 24.3 Å². The Morgan fingerprint density at radius 3 is 2.36 bits per heavy atom. The monoisotopic (exact) mass is 328 g/mol. The van der Waals surface area contributed by atoms with E-state index in [9.17, 15) is 0 Å². The average molecular weight is 329 g/mol. The Bertz CT molecular complexity index is 392. The molecule has 1 aliphatic rings. The number of nitrogens with one attached hydrogen (secondary N) is 1. The quantitative estimate of drug-likeness (QED) is 0.795. The Kier molecular flexibility index (Phi) is 9.28. The van der Waals surface area contributed by atoms with Gasteiger partial charge in [-0.2, -0.15) is 0 Å². The van der Waals surface area contributed by atoms with Crippen LogP contribution in [0, 0.1) is 5.92 Å². The lowest BCUT2D eigenvalue weighted by Crippen LogP contribution is -2.39. The molecule has 1 aliphatic heterocycles. The fourth-order valence-electron chi connectivity index (χ4n) is 2.73. The van der Waals surface area contributed by atoms with Gasteiger partial charge in [-0.3, -0.25) is 4.90 Å². The topological polar surface area (TPSA) is 33.7 Å². The highest BCUT2D eigenvalue weighted by atomic mass is 35.5. The van der Waals surface area contributed by atoms with E-state index in [0.29, 0.717) is 0 Å². The molecule has 4 nitrogen and oxygen atoms in total. The minimum atomic E-state index is 0. The summed E-state index contributed by atoms with van der Waals surface area (Å²) in [6.45, 7) is 8.59. The Hall–Kier alpha value is -0.970. The highest BCUT2D eigenvalue weighted by Crippen LogP contribution is 2.18. The molecule has 0 saturated carbocycles. The summed E-state index contributed by atoms with van der Waals surface area (Å²) in [4.78, 5) is 2.51. The molecular weight excluding hydrogens is 300 g/mol. The molecule has 22 heavy (non-hydrogen) atoms. The van der Waals surface area contributed by atoms with Crippen molar-refractivity contribution in [2.24, 2.45) is 5.92 Å². The average Bonchev–Trinajstić information content (AvgIpc) is 2.55. The van der Waals surface area contributed by atoms with Crippen LogP contribution in [0.3, 0.4) is 0 Å². The lowest BCUT2D eigenvalue weighted by Gasteiger charge is -2.31. The third kappa shape index (κ3) is 6.42. The van der Waals surface area contributed by atoms with Gasteiger partial charge in [-0.1, -0.05) is 6.92 Å². The van der Waals surface area contributed by atoms with Gasteiger partial charge in [-0.05, 0) is 69.2 Å². The smallest absolute Gasteiger partial charge is 0.119 e. The Labute approximate surface area is 140 Å². The molecule has 0 spiro atoms. The molecule has 126 valence electrons. The largest absolute Gasteiger partial charge is 0.497 e. The van der Waals surface area contributed by atoms with Crippen molar-refractivity contribution in [2.75, 3.05) is 46.4 Å². The molecule has 0 atom stereocenters. The van der Waals surface area contributed by atoms with Crippen molar-refractivity contribution in [1.82, 2.24) is 10.2 Å². The zero-order chi connectivity index (χ0) is 14.9. The summed E-state index contributed by atoms with van der Waals surface area (Å²) in [5, 5.41) is 3.45. The van der Waals surface area contributed by atoms with E-state index in [4.69, 9.17) is 9.47 Å². The van der Waals surface area contributed by atoms with Gasteiger partial charge in [0.2, 0.25) is 0 Å². The van der Waals surface area contributed by atoms with Gasteiger partial charge < -0.3 is 14.8 Å². The zero-order valence-corrected chi connectivity index (χ0v) is 14.5. The molecule has 2 rings (SSSR count). The van der Waals surface area contributed by atoms with Crippen LogP contribution < -0.4 is 14.8 Å². The van der Waals surface area contributed by atoms with Gasteiger partial charge in [0, 0.05) is 6.54 Å². The number of halogens is 1. The highest BCUT2D eigenvalue weighted by molar-refractivity contribution is 5.85. The summed E-state index contributed by atoms with van der Waals surface area (Å²) in [7, 11) is 1.68. The number of rotatable bonds is 8. The van der Waals surface area contributed by atoms with Gasteiger partial charge in [0.15, 0.2) is 0 Å². The lowest BCUT2D eigenvalue weighted by atomic mass is 9.97. The summed E-state index contributed by atoms with van der Waals surface area (Å²) in [6.07, 6.45) is 2.60. The first-order valence-electron chi connectivity index (χ1n) is 8.01. The van der Waals surface area contributed by atoms with Crippen LogP contribution in [-0.2, 0) is 0 Å². The van der Waals surface area contributed by atoms with Crippen LogP contribution in [0.15, 0.2) is 24.3 Å². The molecule has 0 aliphatic carbocycles. The fraction of sp³-hybridized carbons (Fsp3) is 0.647. The van der Waals surface area contributed by atoms with Crippen LogP contribution in [0.4, 0.5) is 0 Å². The number of piperidine rings is 1.